The molecule has 1 fully saturated rings. The van der Waals surface area contributed by atoms with Crippen molar-refractivity contribution in [1.29, 1.82) is 0 Å². The Hall–Kier alpha value is -2.19. The maximum absolute atomic E-state index is 13.0. The number of aromatic nitrogens is 2. The lowest BCUT2D eigenvalue weighted by atomic mass is 10.1. The molecule has 0 radical (unpaired) electrons. The number of ether oxygens (including phenoxy) is 1. The molecule has 0 aliphatic carbocycles. The normalized spacial score (nSPS) is 15.7. The number of rotatable bonds is 5. The molecule has 1 aliphatic heterocycles. The average Bonchev–Trinajstić information content (AvgIpc) is 2.98. The molecule has 2 heterocycles. The van der Waals surface area contributed by atoms with Gasteiger partial charge in [-0.3, -0.25) is 4.79 Å². The molecule has 2 aromatic rings. The van der Waals surface area contributed by atoms with E-state index in [0.717, 1.165) is 24.8 Å². The number of carbonyl (C=O) groups excluding carboxylic acids is 1. The molecular weight excluding hydrogens is 366 g/mol. The van der Waals surface area contributed by atoms with E-state index in [1.807, 2.05) is 12.1 Å². The minimum Gasteiger partial charge on any atom is -0.497 e. The highest BCUT2D eigenvalue weighted by atomic mass is 32.2. The number of methoxy groups -OCH3 is 1. The van der Waals surface area contributed by atoms with Crippen molar-refractivity contribution in [3.63, 3.8) is 0 Å². The maximum Gasteiger partial charge on any atom is 0.251 e. The van der Waals surface area contributed by atoms with E-state index in [9.17, 15) is 13.2 Å². The molecular formula is C19H25N3O4S. The van der Waals surface area contributed by atoms with Crippen LogP contribution in [-0.4, -0.2) is 48.6 Å². The summed E-state index contributed by atoms with van der Waals surface area (Å²) in [6.45, 7) is 4.32. The molecule has 0 saturated carbocycles. The zero-order valence-electron chi connectivity index (χ0n) is 15.9. The summed E-state index contributed by atoms with van der Waals surface area (Å²) < 4.78 is 33.9. The number of carbonyl (C=O) groups is 1. The maximum atomic E-state index is 13.0. The Labute approximate surface area is 160 Å². The molecule has 1 aliphatic rings. The van der Waals surface area contributed by atoms with Gasteiger partial charge in [-0.25, -0.2) is 13.1 Å². The largest absolute Gasteiger partial charge is 0.497 e. The standard InChI is InChI=1S/C19H25N3O4S/c1-14-19(27(24,25)21-11-5-4-6-12-21)15(2)22(20-14)18(23)13-16-7-9-17(26-3)10-8-16/h7-10H,4-6,11-13H2,1-3H3. The first kappa shape index (κ1) is 19.6. The van der Waals surface area contributed by atoms with Gasteiger partial charge in [0.2, 0.25) is 10.0 Å². The first-order valence-electron chi connectivity index (χ1n) is 9.07. The van der Waals surface area contributed by atoms with Crippen molar-refractivity contribution in [3.8, 4) is 5.75 Å². The Balaban J connectivity index is 1.87. The van der Waals surface area contributed by atoms with Gasteiger partial charge in [0.1, 0.15) is 10.6 Å². The van der Waals surface area contributed by atoms with E-state index in [1.165, 1.54) is 8.99 Å². The van der Waals surface area contributed by atoms with Crippen molar-refractivity contribution < 1.29 is 17.9 Å². The Morgan fingerprint density at radius 2 is 1.74 bits per heavy atom. The van der Waals surface area contributed by atoms with E-state index >= 15 is 0 Å². The van der Waals surface area contributed by atoms with Crippen LogP contribution in [0.25, 0.3) is 0 Å². The van der Waals surface area contributed by atoms with Crippen LogP contribution >= 0.6 is 0 Å². The first-order valence-corrected chi connectivity index (χ1v) is 10.5. The molecule has 0 bridgehead atoms. The predicted octanol–water partition coefficient (Wildman–Crippen LogP) is 2.57. The summed E-state index contributed by atoms with van der Waals surface area (Å²) in [5, 5.41) is 4.24. The third kappa shape index (κ3) is 3.91. The quantitative estimate of drug-likeness (QED) is 0.782. The molecule has 0 amide bonds. The number of hydrogen-bond acceptors (Lipinski definition) is 5. The van der Waals surface area contributed by atoms with Crippen LogP contribution in [0.2, 0.25) is 0 Å². The van der Waals surface area contributed by atoms with Crippen LogP contribution in [0.1, 0.15) is 41.0 Å². The van der Waals surface area contributed by atoms with Gasteiger partial charge in [0.05, 0.1) is 24.9 Å². The van der Waals surface area contributed by atoms with Crippen molar-refractivity contribution in [2.24, 2.45) is 0 Å². The smallest absolute Gasteiger partial charge is 0.251 e. The number of piperidine rings is 1. The van der Waals surface area contributed by atoms with E-state index in [-0.39, 0.29) is 17.2 Å². The van der Waals surface area contributed by atoms with Crippen LogP contribution in [0.3, 0.4) is 0 Å². The van der Waals surface area contributed by atoms with Crippen molar-refractivity contribution >= 4 is 15.9 Å². The first-order chi connectivity index (χ1) is 12.8. The van der Waals surface area contributed by atoms with Gasteiger partial charge in [-0.1, -0.05) is 18.6 Å². The third-order valence-corrected chi connectivity index (χ3v) is 7.04. The fourth-order valence-corrected chi connectivity index (χ4v) is 5.34. The Bertz CT molecular complexity index is 927. The second-order valence-electron chi connectivity index (χ2n) is 6.80. The van der Waals surface area contributed by atoms with Crippen molar-refractivity contribution in [2.45, 2.75) is 44.4 Å². The third-order valence-electron chi connectivity index (χ3n) is 4.89. The highest BCUT2D eigenvalue weighted by Crippen LogP contribution is 2.26. The number of benzene rings is 1. The minimum absolute atomic E-state index is 0.134. The lowest BCUT2D eigenvalue weighted by Gasteiger charge is -2.25. The van der Waals surface area contributed by atoms with E-state index in [4.69, 9.17) is 4.74 Å². The zero-order chi connectivity index (χ0) is 19.6. The number of sulfonamides is 1. The number of hydrogen-bond donors (Lipinski definition) is 0. The van der Waals surface area contributed by atoms with Gasteiger partial charge in [-0.05, 0) is 44.4 Å². The summed E-state index contributed by atoms with van der Waals surface area (Å²) in [5.74, 6) is 0.452. The lowest BCUT2D eigenvalue weighted by molar-refractivity contribution is 0.0895. The van der Waals surface area contributed by atoms with Crippen LogP contribution in [0.4, 0.5) is 0 Å². The topological polar surface area (TPSA) is 81.5 Å². The number of aryl methyl sites for hydroxylation is 1. The Morgan fingerprint density at radius 3 is 2.33 bits per heavy atom. The fourth-order valence-electron chi connectivity index (χ4n) is 3.47. The molecule has 0 spiro atoms. The molecule has 8 heteroatoms. The van der Waals surface area contributed by atoms with E-state index < -0.39 is 10.0 Å². The molecule has 1 aromatic heterocycles. The van der Waals surface area contributed by atoms with E-state index in [2.05, 4.69) is 5.10 Å². The van der Waals surface area contributed by atoms with Gasteiger partial charge >= 0.3 is 0 Å². The molecule has 3 rings (SSSR count). The van der Waals surface area contributed by atoms with Gasteiger partial charge < -0.3 is 4.74 Å². The van der Waals surface area contributed by atoms with Crippen LogP contribution in [0.5, 0.6) is 5.75 Å². The van der Waals surface area contributed by atoms with E-state index in [1.54, 1.807) is 33.1 Å². The second kappa shape index (κ2) is 7.82. The van der Waals surface area contributed by atoms with Crippen molar-refractivity contribution in [3.05, 3.63) is 41.2 Å². The summed E-state index contributed by atoms with van der Waals surface area (Å²) in [7, 11) is -2.05. The summed E-state index contributed by atoms with van der Waals surface area (Å²) >= 11 is 0. The molecule has 7 nitrogen and oxygen atoms in total. The Morgan fingerprint density at radius 1 is 1.11 bits per heavy atom. The second-order valence-corrected chi connectivity index (χ2v) is 8.67. The van der Waals surface area contributed by atoms with Crippen molar-refractivity contribution in [2.75, 3.05) is 20.2 Å². The highest BCUT2D eigenvalue weighted by Gasteiger charge is 2.32. The monoisotopic (exact) mass is 391 g/mol. The van der Waals surface area contributed by atoms with Gasteiger partial charge in [-0.2, -0.15) is 9.40 Å². The molecule has 1 aromatic carbocycles. The van der Waals surface area contributed by atoms with Gasteiger partial charge in [-0.15, -0.1) is 0 Å². The lowest BCUT2D eigenvalue weighted by Crippen LogP contribution is -2.36. The summed E-state index contributed by atoms with van der Waals surface area (Å²) in [6.07, 6.45) is 2.91. The predicted molar refractivity (Wildman–Crippen MR) is 102 cm³/mol. The SMILES string of the molecule is COc1ccc(CC(=O)n2nc(C)c(S(=O)(=O)N3CCCCC3)c2C)cc1. The number of nitrogens with zero attached hydrogens (tertiary/aromatic N) is 3. The van der Waals surface area contributed by atoms with Crippen LogP contribution < -0.4 is 4.74 Å². The van der Waals surface area contributed by atoms with Gasteiger partial charge in [0.25, 0.3) is 5.91 Å². The Kier molecular flexibility index (Phi) is 5.67. The zero-order valence-corrected chi connectivity index (χ0v) is 16.8. The van der Waals surface area contributed by atoms with E-state index in [0.29, 0.717) is 30.2 Å². The minimum atomic E-state index is -3.64. The highest BCUT2D eigenvalue weighted by molar-refractivity contribution is 7.89. The summed E-state index contributed by atoms with van der Waals surface area (Å²) in [6, 6.07) is 7.20. The molecule has 27 heavy (non-hydrogen) atoms. The fraction of sp³-hybridized carbons (Fsp3) is 0.474. The summed E-state index contributed by atoms with van der Waals surface area (Å²) in [5.41, 5.74) is 1.55. The van der Waals surface area contributed by atoms with Gasteiger partial charge in [0.15, 0.2) is 0 Å². The van der Waals surface area contributed by atoms with Crippen molar-refractivity contribution in [1.82, 2.24) is 14.1 Å². The molecule has 1 saturated heterocycles. The molecule has 0 unspecified atom stereocenters. The molecule has 0 N–H and O–H groups in total. The molecule has 146 valence electrons. The molecule has 0 atom stereocenters. The van der Waals surface area contributed by atoms with Crippen LogP contribution in [-0.2, 0) is 16.4 Å². The van der Waals surface area contributed by atoms with Crippen LogP contribution in [0.15, 0.2) is 29.2 Å². The van der Waals surface area contributed by atoms with Gasteiger partial charge in [0, 0.05) is 13.1 Å². The summed E-state index contributed by atoms with van der Waals surface area (Å²) in [4.78, 5) is 12.9. The van der Waals surface area contributed by atoms with Crippen LogP contribution in [0, 0.1) is 13.8 Å². The average molecular weight is 391 g/mol.